The zero-order valence-corrected chi connectivity index (χ0v) is 14.4. The average Bonchev–Trinajstić information content (AvgIpc) is 2.84. The fourth-order valence-corrected chi connectivity index (χ4v) is 3.88. The largest absolute Gasteiger partial charge is 0.447 e. The van der Waals surface area contributed by atoms with E-state index in [4.69, 9.17) is 4.74 Å². The third-order valence-corrected chi connectivity index (χ3v) is 5.08. The van der Waals surface area contributed by atoms with Gasteiger partial charge in [0.15, 0.2) is 0 Å². The van der Waals surface area contributed by atoms with E-state index in [0.29, 0.717) is 11.5 Å². The lowest BCUT2D eigenvalue weighted by atomic mass is 9.60. The predicted molar refractivity (Wildman–Crippen MR) is 88.0 cm³/mol. The van der Waals surface area contributed by atoms with Gasteiger partial charge in [-0.1, -0.05) is 0 Å². The van der Waals surface area contributed by atoms with Gasteiger partial charge in [-0.3, -0.25) is 10.00 Å². The first-order valence-electron chi connectivity index (χ1n) is 8.64. The summed E-state index contributed by atoms with van der Waals surface area (Å²) in [5.41, 5.74) is 2.69. The number of alkyl carbamates (subject to hydrolysis) is 1. The number of piperidine rings is 1. The molecule has 1 aromatic rings. The molecule has 1 spiro atoms. The first-order chi connectivity index (χ1) is 10.9. The molecular formula is C17H28N4O2. The number of carbonyl (C=O) groups is 1. The van der Waals surface area contributed by atoms with Gasteiger partial charge >= 0.3 is 6.09 Å². The van der Waals surface area contributed by atoms with Crippen molar-refractivity contribution < 1.29 is 9.53 Å². The summed E-state index contributed by atoms with van der Waals surface area (Å²) in [6, 6.07) is 2.41. The minimum atomic E-state index is -0.272. The molecule has 128 valence electrons. The molecule has 23 heavy (non-hydrogen) atoms. The summed E-state index contributed by atoms with van der Waals surface area (Å²) in [7, 11) is 0. The number of hydrogen-bond donors (Lipinski definition) is 2. The van der Waals surface area contributed by atoms with Crippen molar-refractivity contribution in [3.63, 3.8) is 0 Å². The summed E-state index contributed by atoms with van der Waals surface area (Å²) >= 11 is 0. The van der Waals surface area contributed by atoms with Crippen LogP contribution in [0, 0.1) is 12.3 Å². The lowest BCUT2D eigenvalue weighted by molar-refractivity contribution is 0.00157. The highest BCUT2D eigenvalue weighted by Crippen LogP contribution is 2.49. The van der Waals surface area contributed by atoms with Crippen molar-refractivity contribution in [1.82, 2.24) is 20.4 Å². The van der Waals surface area contributed by atoms with Crippen LogP contribution in [0.1, 0.15) is 50.9 Å². The molecule has 2 fully saturated rings. The first kappa shape index (κ1) is 16.3. The Labute approximate surface area is 138 Å². The summed E-state index contributed by atoms with van der Waals surface area (Å²) in [5, 5.41) is 10.3. The van der Waals surface area contributed by atoms with E-state index in [0.717, 1.165) is 43.9 Å². The van der Waals surface area contributed by atoms with Crippen LogP contribution in [0.25, 0.3) is 0 Å². The molecule has 2 aliphatic rings. The molecule has 1 saturated heterocycles. The summed E-state index contributed by atoms with van der Waals surface area (Å²) in [6.45, 7) is 8.96. The van der Waals surface area contributed by atoms with Crippen molar-refractivity contribution in [3.8, 4) is 0 Å². The van der Waals surface area contributed by atoms with Gasteiger partial charge in [0.05, 0.1) is 11.8 Å². The fraction of sp³-hybridized carbons (Fsp3) is 0.765. The number of hydrogen-bond acceptors (Lipinski definition) is 4. The quantitative estimate of drug-likeness (QED) is 0.894. The zero-order chi connectivity index (χ0) is 16.4. The Bertz CT molecular complexity index is 539. The molecule has 6 heteroatoms. The van der Waals surface area contributed by atoms with E-state index < -0.39 is 0 Å². The maximum Gasteiger partial charge on any atom is 0.407 e. The van der Waals surface area contributed by atoms with E-state index in [2.05, 4.69) is 26.5 Å². The number of aryl methyl sites for hydroxylation is 1. The third-order valence-electron chi connectivity index (χ3n) is 5.08. The number of nitrogens with zero attached hydrogens (tertiary/aromatic N) is 2. The van der Waals surface area contributed by atoms with Crippen LogP contribution in [0.2, 0.25) is 0 Å². The fourth-order valence-electron chi connectivity index (χ4n) is 3.88. The van der Waals surface area contributed by atoms with Gasteiger partial charge in [0.2, 0.25) is 0 Å². The van der Waals surface area contributed by atoms with Gasteiger partial charge in [-0.2, -0.15) is 5.10 Å². The lowest BCUT2D eigenvalue weighted by Crippen LogP contribution is -2.55. The maximum atomic E-state index is 11.6. The molecule has 1 amide bonds. The first-order valence-corrected chi connectivity index (χ1v) is 8.64. The number of rotatable bonds is 4. The smallest absolute Gasteiger partial charge is 0.407 e. The van der Waals surface area contributed by atoms with E-state index in [1.54, 1.807) is 0 Å². The van der Waals surface area contributed by atoms with Crippen LogP contribution >= 0.6 is 0 Å². The van der Waals surface area contributed by atoms with Gasteiger partial charge in [-0.15, -0.1) is 0 Å². The number of likely N-dealkylation sites (tertiary alicyclic amines) is 1. The van der Waals surface area contributed by atoms with E-state index in [1.807, 2.05) is 20.8 Å². The molecule has 0 radical (unpaired) electrons. The second-order valence-electron chi connectivity index (χ2n) is 7.52. The highest BCUT2D eigenvalue weighted by Gasteiger charge is 2.46. The van der Waals surface area contributed by atoms with Gasteiger partial charge in [0, 0.05) is 18.3 Å². The van der Waals surface area contributed by atoms with Crippen molar-refractivity contribution in [2.75, 3.05) is 13.1 Å². The number of amides is 1. The molecule has 0 atom stereocenters. The predicted octanol–water partition coefficient (Wildman–Crippen LogP) is 2.60. The Morgan fingerprint density at radius 3 is 2.74 bits per heavy atom. The van der Waals surface area contributed by atoms with Crippen LogP contribution in [0.15, 0.2) is 6.07 Å². The molecule has 2 N–H and O–H groups in total. The minimum Gasteiger partial charge on any atom is -0.447 e. The normalized spacial score (nSPS) is 21.4. The van der Waals surface area contributed by atoms with E-state index in [-0.39, 0.29) is 12.2 Å². The molecular weight excluding hydrogens is 292 g/mol. The van der Waals surface area contributed by atoms with Gasteiger partial charge < -0.3 is 10.1 Å². The summed E-state index contributed by atoms with van der Waals surface area (Å²) in [5.74, 6) is 0. The molecule has 6 nitrogen and oxygen atoms in total. The number of nitrogens with one attached hydrogen (secondary N) is 2. The van der Waals surface area contributed by atoms with E-state index >= 15 is 0 Å². The van der Waals surface area contributed by atoms with Crippen molar-refractivity contribution in [3.05, 3.63) is 17.5 Å². The van der Waals surface area contributed by atoms with E-state index in [1.165, 1.54) is 12.8 Å². The summed E-state index contributed by atoms with van der Waals surface area (Å²) in [4.78, 5) is 14.1. The Kier molecular flexibility index (Phi) is 4.62. The second-order valence-corrected chi connectivity index (χ2v) is 7.52. The van der Waals surface area contributed by atoms with E-state index in [9.17, 15) is 4.79 Å². The van der Waals surface area contributed by atoms with Crippen molar-refractivity contribution >= 4 is 6.09 Å². The number of ether oxygens (including phenoxy) is 1. The Balaban J connectivity index is 1.39. The van der Waals surface area contributed by atoms with Gasteiger partial charge in [-0.25, -0.2) is 4.79 Å². The van der Waals surface area contributed by atoms with Crippen molar-refractivity contribution in [2.24, 2.45) is 5.41 Å². The SMILES string of the molecule is Cc1cc(CN2CCC3(CC2)CC(NC(=O)OC(C)C)C3)n[nH]1. The molecule has 0 aromatic carbocycles. The molecule has 2 heterocycles. The average molecular weight is 320 g/mol. The topological polar surface area (TPSA) is 70.2 Å². The Hall–Kier alpha value is -1.56. The van der Waals surface area contributed by atoms with Crippen LogP contribution < -0.4 is 5.32 Å². The van der Waals surface area contributed by atoms with Crippen molar-refractivity contribution in [1.29, 1.82) is 0 Å². The second kappa shape index (κ2) is 6.51. The molecule has 1 aliphatic heterocycles. The number of H-pyrrole nitrogens is 1. The van der Waals surface area contributed by atoms with Crippen LogP contribution in [0.3, 0.4) is 0 Å². The molecule has 1 aromatic heterocycles. The summed E-state index contributed by atoms with van der Waals surface area (Å²) < 4.78 is 5.15. The highest BCUT2D eigenvalue weighted by atomic mass is 16.6. The number of aromatic nitrogens is 2. The number of aromatic amines is 1. The summed E-state index contributed by atoms with van der Waals surface area (Å²) in [6.07, 6.45) is 4.29. The molecule has 1 saturated carbocycles. The maximum absolute atomic E-state index is 11.6. The monoisotopic (exact) mass is 320 g/mol. The standard InChI is InChI=1S/C17H28N4O2/c1-12(2)23-16(22)18-15-9-17(10-15)4-6-21(7-5-17)11-14-8-13(3)19-20-14/h8,12,15H,4-7,9-11H2,1-3H3,(H,18,22)(H,19,20). The molecule has 1 aliphatic carbocycles. The van der Waals surface area contributed by atoms with Gasteiger partial charge in [-0.05, 0) is 71.0 Å². The molecule has 0 unspecified atom stereocenters. The van der Waals surface area contributed by atoms with Crippen LogP contribution in [-0.4, -0.2) is 46.4 Å². The van der Waals surface area contributed by atoms with Crippen LogP contribution in [0.4, 0.5) is 4.79 Å². The minimum absolute atomic E-state index is 0.0575. The Morgan fingerprint density at radius 1 is 1.48 bits per heavy atom. The number of carbonyl (C=O) groups excluding carboxylic acids is 1. The van der Waals surface area contributed by atoms with Crippen LogP contribution in [0.5, 0.6) is 0 Å². The van der Waals surface area contributed by atoms with Gasteiger partial charge in [0.25, 0.3) is 0 Å². The molecule has 0 bridgehead atoms. The van der Waals surface area contributed by atoms with Crippen LogP contribution in [-0.2, 0) is 11.3 Å². The third kappa shape index (κ3) is 4.05. The highest BCUT2D eigenvalue weighted by molar-refractivity contribution is 5.67. The van der Waals surface area contributed by atoms with Crippen molar-refractivity contribution in [2.45, 2.75) is 65.1 Å². The molecule has 3 rings (SSSR count). The lowest BCUT2D eigenvalue weighted by Gasteiger charge is -2.52. The Morgan fingerprint density at radius 2 is 2.17 bits per heavy atom. The van der Waals surface area contributed by atoms with Gasteiger partial charge in [0.1, 0.15) is 0 Å². The zero-order valence-electron chi connectivity index (χ0n) is 14.4.